The number of pyridine rings is 1. The van der Waals surface area contributed by atoms with Gasteiger partial charge in [0.1, 0.15) is 5.03 Å². The molecule has 0 fully saturated rings. The molecule has 0 saturated carbocycles. The summed E-state index contributed by atoms with van der Waals surface area (Å²) in [5, 5.41) is 2.55. The summed E-state index contributed by atoms with van der Waals surface area (Å²) in [6.07, 6.45) is 0. The molecule has 0 bridgehead atoms. The first kappa shape index (κ1) is 18.5. The molecule has 0 amide bonds. The zero-order valence-corrected chi connectivity index (χ0v) is 16.6. The number of aromatic nitrogens is 1. The van der Waals surface area contributed by atoms with Crippen molar-refractivity contribution in [1.29, 1.82) is 0 Å². The average molecular weight is 406 g/mol. The Bertz CT molecular complexity index is 1160. The molecule has 0 aliphatic heterocycles. The van der Waals surface area contributed by atoms with Gasteiger partial charge >= 0.3 is 5.97 Å². The van der Waals surface area contributed by atoms with Gasteiger partial charge in [0.2, 0.25) is 0 Å². The minimum Gasteiger partial charge on any atom is -0.465 e. The number of carbonyl (C=O) groups is 1. The van der Waals surface area contributed by atoms with Gasteiger partial charge < -0.3 is 4.74 Å². The Kier molecular flexibility index (Phi) is 5.33. The van der Waals surface area contributed by atoms with Crippen LogP contribution >= 0.6 is 23.4 Å². The maximum absolute atomic E-state index is 12.2. The number of halogens is 1. The Morgan fingerprint density at radius 1 is 0.964 bits per heavy atom. The number of hydrogen-bond donors (Lipinski definition) is 0. The van der Waals surface area contributed by atoms with E-state index in [0.717, 1.165) is 32.0 Å². The van der Waals surface area contributed by atoms with Gasteiger partial charge in [-0.1, -0.05) is 65.8 Å². The van der Waals surface area contributed by atoms with Crippen LogP contribution in [0.25, 0.3) is 22.0 Å². The summed E-state index contributed by atoms with van der Waals surface area (Å²) in [5.74, 6) is -0.364. The molecule has 0 radical (unpaired) electrons. The summed E-state index contributed by atoms with van der Waals surface area (Å²) in [6, 6.07) is 25.2. The fraction of sp³-hybridized carbons (Fsp3) is 0.0435. The van der Waals surface area contributed by atoms with E-state index in [4.69, 9.17) is 21.3 Å². The first-order chi connectivity index (χ1) is 13.7. The molecule has 3 nitrogen and oxygen atoms in total. The quantitative estimate of drug-likeness (QED) is 0.363. The van der Waals surface area contributed by atoms with Crippen molar-refractivity contribution in [3.8, 4) is 11.1 Å². The standard InChI is InChI=1S/C23H16ClNO2S/c1-27-23(26)18-7-3-5-9-21(18)28-22-19(15-10-12-17(24)13-11-15)14-16-6-2-4-8-20(16)25-22/h2-14H,1H3. The molecule has 138 valence electrons. The van der Waals surface area contributed by atoms with Crippen molar-refractivity contribution >= 4 is 40.2 Å². The molecule has 0 atom stereocenters. The lowest BCUT2D eigenvalue weighted by Crippen LogP contribution is -2.03. The zero-order chi connectivity index (χ0) is 19.5. The molecule has 0 unspecified atom stereocenters. The van der Waals surface area contributed by atoms with Crippen LogP contribution in [-0.4, -0.2) is 18.1 Å². The smallest absolute Gasteiger partial charge is 0.339 e. The summed E-state index contributed by atoms with van der Waals surface area (Å²) >= 11 is 7.52. The summed E-state index contributed by atoms with van der Waals surface area (Å²) in [6.45, 7) is 0. The molecule has 0 spiro atoms. The molecule has 3 aromatic carbocycles. The Hall–Kier alpha value is -2.82. The number of hydrogen-bond acceptors (Lipinski definition) is 4. The molecule has 1 heterocycles. The lowest BCUT2D eigenvalue weighted by Gasteiger charge is -2.12. The van der Waals surface area contributed by atoms with E-state index in [1.807, 2.05) is 66.7 Å². The van der Waals surface area contributed by atoms with Crippen molar-refractivity contribution in [2.45, 2.75) is 9.92 Å². The highest BCUT2D eigenvalue weighted by Crippen LogP contribution is 2.38. The van der Waals surface area contributed by atoms with Crippen LogP contribution in [0.4, 0.5) is 0 Å². The van der Waals surface area contributed by atoms with Crippen LogP contribution in [0.1, 0.15) is 10.4 Å². The summed E-state index contributed by atoms with van der Waals surface area (Å²) in [4.78, 5) is 17.8. The molecular formula is C23H16ClNO2S. The van der Waals surface area contributed by atoms with E-state index in [0.29, 0.717) is 10.6 Å². The highest BCUT2D eigenvalue weighted by Gasteiger charge is 2.16. The number of benzene rings is 3. The number of carbonyl (C=O) groups excluding carboxylic acids is 1. The molecule has 4 rings (SSSR count). The average Bonchev–Trinajstić information content (AvgIpc) is 2.74. The van der Waals surface area contributed by atoms with Crippen molar-refractivity contribution in [3.05, 3.63) is 89.4 Å². The summed E-state index contributed by atoms with van der Waals surface area (Å²) in [5.41, 5.74) is 3.42. The van der Waals surface area contributed by atoms with Crippen molar-refractivity contribution in [1.82, 2.24) is 4.98 Å². The number of fused-ring (bicyclic) bond motifs is 1. The Morgan fingerprint density at radius 2 is 1.68 bits per heavy atom. The highest BCUT2D eigenvalue weighted by atomic mass is 35.5. The minimum atomic E-state index is -0.364. The second kappa shape index (κ2) is 8.05. The fourth-order valence-electron chi connectivity index (χ4n) is 2.95. The Morgan fingerprint density at radius 3 is 2.46 bits per heavy atom. The van der Waals surface area contributed by atoms with Gasteiger partial charge in [-0.05, 0) is 42.0 Å². The van der Waals surface area contributed by atoms with Crippen LogP contribution in [0.15, 0.2) is 88.8 Å². The molecule has 0 aliphatic rings. The lowest BCUT2D eigenvalue weighted by atomic mass is 10.1. The molecular weight excluding hydrogens is 390 g/mol. The third-order valence-corrected chi connectivity index (χ3v) is 5.68. The SMILES string of the molecule is COC(=O)c1ccccc1Sc1nc2ccccc2cc1-c1ccc(Cl)cc1. The van der Waals surface area contributed by atoms with E-state index < -0.39 is 0 Å². The number of ether oxygens (including phenoxy) is 1. The van der Waals surface area contributed by atoms with Crippen LogP contribution in [-0.2, 0) is 4.74 Å². The maximum atomic E-state index is 12.2. The van der Waals surface area contributed by atoms with Gasteiger partial charge in [0.05, 0.1) is 18.2 Å². The number of nitrogens with zero attached hydrogens (tertiary/aromatic N) is 1. The fourth-order valence-corrected chi connectivity index (χ4v) is 4.12. The third kappa shape index (κ3) is 3.75. The van der Waals surface area contributed by atoms with E-state index in [-0.39, 0.29) is 5.97 Å². The second-order valence-corrected chi connectivity index (χ2v) is 7.60. The molecule has 0 saturated heterocycles. The van der Waals surface area contributed by atoms with Gasteiger partial charge in [-0.15, -0.1) is 0 Å². The van der Waals surface area contributed by atoms with Gasteiger partial charge in [0.15, 0.2) is 0 Å². The van der Waals surface area contributed by atoms with E-state index >= 15 is 0 Å². The number of rotatable bonds is 4. The van der Waals surface area contributed by atoms with Crippen LogP contribution < -0.4 is 0 Å². The van der Waals surface area contributed by atoms with Crippen LogP contribution in [0.2, 0.25) is 5.02 Å². The van der Waals surface area contributed by atoms with Crippen molar-refractivity contribution in [3.63, 3.8) is 0 Å². The molecule has 0 aliphatic carbocycles. The minimum absolute atomic E-state index is 0.364. The number of esters is 1. The molecule has 28 heavy (non-hydrogen) atoms. The normalized spacial score (nSPS) is 10.8. The van der Waals surface area contributed by atoms with Crippen LogP contribution in [0.5, 0.6) is 0 Å². The predicted molar refractivity (Wildman–Crippen MR) is 114 cm³/mol. The lowest BCUT2D eigenvalue weighted by molar-refractivity contribution is 0.0597. The van der Waals surface area contributed by atoms with E-state index in [1.165, 1.54) is 18.9 Å². The largest absolute Gasteiger partial charge is 0.465 e. The highest BCUT2D eigenvalue weighted by molar-refractivity contribution is 7.99. The van der Waals surface area contributed by atoms with E-state index in [9.17, 15) is 4.79 Å². The third-order valence-electron chi connectivity index (χ3n) is 4.34. The first-order valence-electron chi connectivity index (χ1n) is 8.66. The van der Waals surface area contributed by atoms with Gasteiger partial charge in [-0.2, -0.15) is 0 Å². The first-order valence-corrected chi connectivity index (χ1v) is 9.86. The Labute approximate surface area is 172 Å². The van der Waals surface area contributed by atoms with Crippen LogP contribution in [0, 0.1) is 0 Å². The van der Waals surface area contributed by atoms with Gasteiger partial charge in [-0.25, -0.2) is 9.78 Å². The zero-order valence-electron chi connectivity index (χ0n) is 15.1. The monoisotopic (exact) mass is 405 g/mol. The van der Waals surface area contributed by atoms with Crippen molar-refractivity contribution in [2.24, 2.45) is 0 Å². The maximum Gasteiger partial charge on any atom is 0.339 e. The van der Waals surface area contributed by atoms with Gasteiger partial charge in [-0.3, -0.25) is 0 Å². The van der Waals surface area contributed by atoms with Gasteiger partial charge in [0, 0.05) is 20.9 Å². The summed E-state index contributed by atoms with van der Waals surface area (Å²) < 4.78 is 4.93. The van der Waals surface area contributed by atoms with E-state index in [2.05, 4.69) is 6.07 Å². The van der Waals surface area contributed by atoms with Gasteiger partial charge in [0.25, 0.3) is 0 Å². The topological polar surface area (TPSA) is 39.2 Å². The molecule has 1 aromatic heterocycles. The second-order valence-electron chi connectivity index (χ2n) is 6.13. The number of para-hydroxylation sites is 1. The van der Waals surface area contributed by atoms with Crippen molar-refractivity contribution < 1.29 is 9.53 Å². The molecule has 4 aromatic rings. The van der Waals surface area contributed by atoms with E-state index in [1.54, 1.807) is 6.07 Å². The Balaban J connectivity index is 1.87. The summed E-state index contributed by atoms with van der Waals surface area (Å²) in [7, 11) is 1.39. The molecule has 0 N–H and O–H groups in total. The van der Waals surface area contributed by atoms with Crippen molar-refractivity contribution in [2.75, 3.05) is 7.11 Å². The molecule has 5 heteroatoms. The predicted octanol–water partition coefficient (Wildman–Crippen LogP) is 6.49. The van der Waals surface area contributed by atoms with Crippen LogP contribution in [0.3, 0.4) is 0 Å². The number of methoxy groups -OCH3 is 1.